The molecule has 0 N–H and O–H groups in total. The molecule has 0 unspecified atom stereocenters. The number of hydrogen-bond acceptors (Lipinski definition) is 3. The molecule has 0 bridgehead atoms. The van der Waals surface area contributed by atoms with E-state index in [2.05, 4.69) is 16.6 Å². The van der Waals surface area contributed by atoms with Gasteiger partial charge >= 0.3 is 12.3 Å². The van der Waals surface area contributed by atoms with Crippen molar-refractivity contribution >= 4 is 5.97 Å². The van der Waals surface area contributed by atoms with Crippen LogP contribution in [0.4, 0.5) is 13.2 Å². The zero-order valence-electron chi connectivity index (χ0n) is 13.2. The second-order valence-corrected chi connectivity index (χ2v) is 5.02. The van der Waals surface area contributed by atoms with Gasteiger partial charge in [-0.05, 0) is 29.8 Å². The molecule has 0 atom stereocenters. The van der Waals surface area contributed by atoms with Crippen molar-refractivity contribution in [3.63, 3.8) is 0 Å². The summed E-state index contributed by atoms with van der Waals surface area (Å²) >= 11 is 0. The summed E-state index contributed by atoms with van der Waals surface area (Å²) in [5.41, 5.74) is 1.44. The van der Waals surface area contributed by atoms with E-state index in [4.69, 9.17) is 4.74 Å². The van der Waals surface area contributed by atoms with Crippen LogP contribution in [0.2, 0.25) is 0 Å². The molecule has 0 saturated heterocycles. The fourth-order valence-corrected chi connectivity index (χ4v) is 1.88. The van der Waals surface area contributed by atoms with Crippen LogP contribution in [-0.2, 0) is 16.1 Å². The molecule has 0 aliphatic heterocycles. The first-order chi connectivity index (χ1) is 11.9. The van der Waals surface area contributed by atoms with E-state index in [0.717, 1.165) is 5.56 Å². The standard InChI is InChI=1S/C19H15F3O3/c20-19(21,22)25-17-12-10-15(11-13-17)6-4-5-9-18(23)24-14-16-7-2-1-3-8-16/h1-3,7-8,10-13H,5,9,14H2. The molecule has 0 aliphatic carbocycles. The molecule has 25 heavy (non-hydrogen) atoms. The minimum atomic E-state index is -4.71. The van der Waals surface area contributed by atoms with E-state index >= 15 is 0 Å². The highest BCUT2D eigenvalue weighted by atomic mass is 19.4. The van der Waals surface area contributed by atoms with Crippen LogP contribution in [0.15, 0.2) is 54.6 Å². The highest BCUT2D eigenvalue weighted by Gasteiger charge is 2.30. The summed E-state index contributed by atoms with van der Waals surface area (Å²) in [6.45, 7) is 0.216. The molecule has 0 heterocycles. The van der Waals surface area contributed by atoms with Crippen LogP contribution in [0.25, 0.3) is 0 Å². The Labute approximate surface area is 143 Å². The van der Waals surface area contributed by atoms with E-state index in [1.165, 1.54) is 24.3 Å². The smallest absolute Gasteiger partial charge is 0.461 e. The van der Waals surface area contributed by atoms with Gasteiger partial charge in [-0.25, -0.2) is 0 Å². The highest BCUT2D eigenvalue weighted by Crippen LogP contribution is 2.22. The molecule has 0 fully saturated rings. The fraction of sp³-hybridized carbons (Fsp3) is 0.211. The fourth-order valence-electron chi connectivity index (χ4n) is 1.88. The van der Waals surface area contributed by atoms with Gasteiger partial charge in [0.25, 0.3) is 0 Å². The normalized spacial score (nSPS) is 10.5. The molecule has 0 radical (unpaired) electrons. The van der Waals surface area contributed by atoms with Crippen molar-refractivity contribution in [1.82, 2.24) is 0 Å². The van der Waals surface area contributed by atoms with Gasteiger partial charge in [0.05, 0.1) is 6.42 Å². The van der Waals surface area contributed by atoms with Crippen LogP contribution >= 0.6 is 0 Å². The Morgan fingerprint density at radius 3 is 2.32 bits per heavy atom. The van der Waals surface area contributed by atoms with Crippen LogP contribution in [0.5, 0.6) is 5.75 Å². The van der Waals surface area contributed by atoms with Crippen molar-refractivity contribution in [3.05, 3.63) is 65.7 Å². The summed E-state index contributed by atoms with van der Waals surface area (Å²) in [5, 5.41) is 0. The van der Waals surface area contributed by atoms with Crippen LogP contribution in [-0.4, -0.2) is 12.3 Å². The van der Waals surface area contributed by atoms with E-state index in [1.54, 1.807) is 0 Å². The predicted octanol–water partition coefficient (Wildman–Crippen LogP) is 4.46. The summed E-state index contributed by atoms with van der Waals surface area (Å²) in [5.74, 6) is 4.90. The SMILES string of the molecule is O=C(CCC#Cc1ccc(OC(F)(F)F)cc1)OCc1ccccc1. The summed E-state index contributed by atoms with van der Waals surface area (Å²) in [7, 11) is 0. The molecular weight excluding hydrogens is 333 g/mol. The van der Waals surface area contributed by atoms with Crippen molar-refractivity contribution in [2.24, 2.45) is 0 Å². The Balaban J connectivity index is 1.73. The maximum Gasteiger partial charge on any atom is 0.573 e. The third-order valence-electron chi connectivity index (χ3n) is 3.02. The van der Waals surface area contributed by atoms with Gasteiger partial charge in [-0.2, -0.15) is 0 Å². The Kier molecular flexibility index (Phi) is 6.47. The molecule has 3 nitrogen and oxygen atoms in total. The minimum absolute atomic E-state index is 0.148. The molecule has 0 saturated carbocycles. The Bertz CT molecular complexity index is 741. The first-order valence-corrected chi connectivity index (χ1v) is 7.46. The molecular formula is C19H15F3O3. The number of carbonyl (C=O) groups excluding carboxylic acids is 1. The zero-order valence-corrected chi connectivity index (χ0v) is 13.2. The van der Waals surface area contributed by atoms with Crippen LogP contribution in [0.1, 0.15) is 24.0 Å². The molecule has 0 aliphatic rings. The van der Waals surface area contributed by atoms with Crippen LogP contribution in [0.3, 0.4) is 0 Å². The second-order valence-electron chi connectivity index (χ2n) is 5.02. The summed E-state index contributed by atoms with van der Waals surface area (Å²) in [4.78, 5) is 11.6. The third kappa shape index (κ3) is 7.44. The van der Waals surface area contributed by atoms with Gasteiger partial charge < -0.3 is 9.47 Å². The molecule has 0 spiro atoms. The Morgan fingerprint density at radius 1 is 1.00 bits per heavy atom. The lowest BCUT2D eigenvalue weighted by Crippen LogP contribution is -2.16. The summed E-state index contributed by atoms with van der Waals surface area (Å²) in [6.07, 6.45) is -4.27. The number of rotatable bonds is 5. The van der Waals surface area contributed by atoms with Crippen molar-refractivity contribution in [1.29, 1.82) is 0 Å². The van der Waals surface area contributed by atoms with E-state index < -0.39 is 6.36 Å². The first kappa shape index (κ1) is 18.4. The van der Waals surface area contributed by atoms with E-state index in [9.17, 15) is 18.0 Å². The van der Waals surface area contributed by atoms with Gasteiger partial charge in [-0.3, -0.25) is 4.79 Å². The van der Waals surface area contributed by atoms with Gasteiger partial charge in [0.15, 0.2) is 0 Å². The largest absolute Gasteiger partial charge is 0.573 e. The topological polar surface area (TPSA) is 35.5 Å². The van der Waals surface area contributed by atoms with Crippen molar-refractivity contribution in [2.45, 2.75) is 25.8 Å². The van der Waals surface area contributed by atoms with E-state index in [1.807, 2.05) is 30.3 Å². The van der Waals surface area contributed by atoms with Gasteiger partial charge in [-0.1, -0.05) is 42.2 Å². The lowest BCUT2D eigenvalue weighted by atomic mass is 10.2. The lowest BCUT2D eigenvalue weighted by Gasteiger charge is -2.07. The van der Waals surface area contributed by atoms with E-state index in [-0.39, 0.29) is 24.7 Å². The lowest BCUT2D eigenvalue weighted by molar-refractivity contribution is -0.274. The van der Waals surface area contributed by atoms with Crippen molar-refractivity contribution < 1.29 is 27.4 Å². The number of hydrogen-bond donors (Lipinski definition) is 0. The van der Waals surface area contributed by atoms with Crippen molar-refractivity contribution in [2.75, 3.05) is 0 Å². The second kappa shape index (κ2) is 8.78. The van der Waals surface area contributed by atoms with E-state index in [0.29, 0.717) is 12.0 Å². The molecule has 2 aromatic rings. The van der Waals surface area contributed by atoms with Crippen molar-refractivity contribution in [3.8, 4) is 17.6 Å². The monoisotopic (exact) mass is 348 g/mol. The number of halogens is 3. The Morgan fingerprint density at radius 2 is 1.68 bits per heavy atom. The number of ether oxygens (including phenoxy) is 2. The molecule has 6 heteroatoms. The number of alkyl halides is 3. The average molecular weight is 348 g/mol. The molecule has 2 aromatic carbocycles. The first-order valence-electron chi connectivity index (χ1n) is 7.46. The average Bonchev–Trinajstić information content (AvgIpc) is 2.58. The van der Waals surface area contributed by atoms with Gasteiger partial charge in [0, 0.05) is 12.0 Å². The maximum atomic E-state index is 12.0. The number of benzene rings is 2. The highest BCUT2D eigenvalue weighted by molar-refractivity contribution is 5.69. The summed E-state index contributed by atoms with van der Waals surface area (Å²) in [6, 6.07) is 14.5. The zero-order chi connectivity index (χ0) is 18.1. The molecule has 0 amide bonds. The predicted molar refractivity (Wildman–Crippen MR) is 85.5 cm³/mol. The third-order valence-corrected chi connectivity index (χ3v) is 3.02. The molecule has 2 rings (SSSR count). The quantitative estimate of drug-likeness (QED) is 0.591. The Hall–Kier alpha value is -2.94. The van der Waals surface area contributed by atoms with Crippen LogP contribution in [0, 0.1) is 11.8 Å². The molecule has 0 aromatic heterocycles. The van der Waals surface area contributed by atoms with Gasteiger partial charge in [0.1, 0.15) is 12.4 Å². The minimum Gasteiger partial charge on any atom is -0.461 e. The number of esters is 1. The van der Waals surface area contributed by atoms with Crippen LogP contribution < -0.4 is 4.74 Å². The van der Waals surface area contributed by atoms with Gasteiger partial charge in [-0.15, -0.1) is 13.2 Å². The number of carbonyl (C=O) groups is 1. The summed E-state index contributed by atoms with van der Waals surface area (Å²) < 4.78 is 45.0. The maximum absolute atomic E-state index is 12.0. The van der Waals surface area contributed by atoms with Gasteiger partial charge in [0.2, 0.25) is 0 Å². The molecule has 130 valence electrons.